The van der Waals surface area contributed by atoms with Crippen molar-refractivity contribution in [3.8, 4) is 0 Å². The van der Waals surface area contributed by atoms with Gasteiger partial charge in [0.15, 0.2) is 5.78 Å². The third-order valence-electron chi connectivity index (χ3n) is 4.35. The SMILES string of the molecule is O=C(c1ccccc1)c1ccc(=O)n2c3c([nH]c12)CCCC3. The van der Waals surface area contributed by atoms with Crippen LogP contribution in [0.3, 0.4) is 0 Å². The van der Waals surface area contributed by atoms with Crippen molar-refractivity contribution in [3.05, 3.63) is 75.3 Å². The molecule has 2 aromatic heterocycles. The summed E-state index contributed by atoms with van der Waals surface area (Å²) in [4.78, 5) is 28.3. The number of aryl methyl sites for hydroxylation is 2. The Morgan fingerprint density at radius 2 is 1.77 bits per heavy atom. The molecule has 1 aliphatic carbocycles. The fraction of sp³-hybridized carbons (Fsp3) is 0.222. The van der Waals surface area contributed by atoms with E-state index in [4.69, 9.17) is 0 Å². The van der Waals surface area contributed by atoms with E-state index >= 15 is 0 Å². The number of pyridine rings is 1. The molecule has 0 saturated carbocycles. The van der Waals surface area contributed by atoms with Crippen LogP contribution >= 0.6 is 0 Å². The van der Waals surface area contributed by atoms with Crippen LogP contribution in [0.5, 0.6) is 0 Å². The van der Waals surface area contributed by atoms with Crippen molar-refractivity contribution < 1.29 is 4.79 Å². The van der Waals surface area contributed by atoms with Crippen LogP contribution in [-0.4, -0.2) is 15.2 Å². The number of aromatic nitrogens is 2. The number of aromatic amines is 1. The van der Waals surface area contributed by atoms with Gasteiger partial charge in [-0.1, -0.05) is 30.3 Å². The summed E-state index contributed by atoms with van der Waals surface area (Å²) in [6.45, 7) is 0. The highest BCUT2D eigenvalue weighted by molar-refractivity contribution is 6.12. The zero-order chi connectivity index (χ0) is 15.1. The van der Waals surface area contributed by atoms with E-state index in [2.05, 4.69) is 4.98 Å². The molecule has 0 amide bonds. The highest BCUT2D eigenvalue weighted by Crippen LogP contribution is 2.23. The van der Waals surface area contributed by atoms with Crippen LogP contribution in [0, 0.1) is 0 Å². The van der Waals surface area contributed by atoms with Gasteiger partial charge in [-0.3, -0.25) is 14.0 Å². The van der Waals surface area contributed by atoms with Crippen LogP contribution < -0.4 is 5.56 Å². The fourth-order valence-corrected chi connectivity index (χ4v) is 3.27. The highest BCUT2D eigenvalue weighted by Gasteiger charge is 2.21. The van der Waals surface area contributed by atoms with Gasteiger partial charge in [-0.2, -0.15) is 0 Å². The highest BCUT2D eigenvalue weighted by atomic mass is 16.1. The molecule has 0 aliphatic heterocycles. The van der Waals surface area contributed by atoms with E-state index in [1.807, 2.05) is 18.2 Å². The first kappa shape index (κ1) is 13.1. The molecule has 110 valence electrons. The molecule has 4 heteroatoms. The molecule has 3 aromatic rings. The molecule has 0 bridgehead atoms. The third-order valence-corrected chi connectivity index (χ3v) is 4.35. The predicted molar refractivity (Wildman–Crippen MR) is 84.5 cm³/mol. The van der Waals surface area contributed by atoms with Crippen molar-refractivity contribution in [2.24, 2.45) is 0 Å². The van der Waals surface area contributed by atoms with E-state index < -0.39 is 0 Å². The quantitative estimate of drug-likeness (QED) is 0.738. The van der Waals surface area contributed by atoms with E-state index in [1.54, 1.807) is 22.6 Å². The number of fused-ring (bicyclic) bond motifs is 3. The Morgan fingerprint density at radius 3 is 2.59 bits per heavy atom. The van der Waals surface area contributed by atoms with Gasteiger partial charge in [0, 0.05) is 23.0 Å². The lowest BCUT2D eigenvalue weighted by molar-refractivity contribution is 0.104. The van der Waals surface area contributed by atoms with E-state index in [0.29, 0.717) is 16.8 Å². The first-order valence-electron chi connectivity index (χ1n) is 7.61. The molecule has 1 aliphatic rings. The minimum absolute atomic E-state index is 0.0586. The second kappa shape index (κ2) is 4.98. The molecule has 4 rings (SSSR count). The van der Waals surface area contributed by atoms with Crippen LogP contribution in [0.1, 0.15) is 40.2 Å². The van der Waals surface area contributed by atoms with Crippen molar-refractivity contribution in [3.63, 3.8) is 0 Å². The molecule has 22 heavy (non-hydrogen) atoms. The van der Waals surface area contributed by atoms with Crippen molar-refractivity contribution in [2.75, 3.05) is 0 Å². The Labute approximate surface area is 127 Å². The summed E-state index contributed by atoms with van der Waals surface area (Å²) in [5.41, 5.74) is 3.88. The molecule has 1 aromatic carbocycles. The number of hydrogen-bond acceptors (Lipinski definition) is 2. The Morgan fingerprint density at radius 1 is 1.00 bits per heavy atom. The number of carbonyl (C=O) groups is 1. The molecular weight excluding hydrogens is 276 g/mol. The van der Waals surface area contributed by atoms with E-state index in [0.717, 1.165) is 37.1 Å². The molecular formula is C18H16N2O2. The first-order chi connectivity index (χ1) is 10.8. The van der Waals surface area contributed by atoms with Gasteiger partial charge in [-0.15, -0.1) is 0 Å². The summed E-state index contributed by atoms with van der Waals surface area (Å²) in [7, 11) is 0. The zero-order valence-electron chi connectivity index (χ0n) is 12.1. The summed E-state index contributed by atoms with van der Waals surface area (Å²) in [5, 5.41) is 0. The van der Waals surface area contributed by atoms with E-state index in [9.17, 15) is 9.59 Å². The molecule has 2 heterocycles. The molecule has 0 saturated heterocycles. The third kappa shape index (κ3) is 1.91. The van der Waals surface area contributed by atoms with Gasteiger partial charge in [0.2, 0.25) is 0 Å². The number of carbonyl (C=O) groups excluding carboxylic acids is 1. The summed E-state index contributed by atoms with van der Waals surface area (Å²) in [5.74, 6) is -0.0586. The normalized spacial score (nSPS) is 14.0. The van der Waals surface area contributed by atoms with Crippen molar-refractivity contribution in [1.82, 2.24) is 9.38 Å². The van der Waals surface area contributed by atoms with Gasteiger partial charge in [-0.25, -0.2) is 0 Å². The number of ketones is 1. The molecule has 0 spiro atoms. The monoisotopic (exact) mass is 292 g/mol. The van der Waals surface area contributed by atoms with Crippen LogP contribution in [0.25, 0.3) is 5.65 Å². The average molecular weight is 292 g/mol. The van der Waals surface area contributed by atoms with Crippen molar-refractivity contribution >= 4 is 11.4 Å². The van der Waals surface area contributed by atoms with Gasteiger partial charge in [0.25, 0.3) is 5.56 Å². The van der Waals surface area contributed by atoms with Crippen LogP contribution in [0.15, 0.2) is 47.3 Å². The molecule has 0 radical (unpaired) electrons. The number of nitrogens with zero attached hydrogens (tertiary/aromatic N) is 1. The lowest BCUT2D eigenvalue weighted by atomic mass is 10.0. The maximum atomic E-state index is 12.7. The lowest BCUT2D eigenvalue weighted by Crippen LogP contribution is -2.17. The molecule has 4 nitrogen and oxygen atoms in total. The number of nitrogens with one attached hydrogen (secondary N) is 1. The standard InChI is InChI=1S/C18H16N2O2/c21-16-11-10-13(17(22)12-6-2-1-3-7-12)18-19-14-8-4-5-9-15(14)20(16)18/h1-3,6-7,10-11,19H,4-5,8-9H2. The smallest absolute Gasteiger partial charge is 0.256 e. The lowest BCUT2D eigenvalue weighted by Gasteiger charge is -2.10. The largest absolute Gasteiger partial charge is 0.343 e. The summed E-state index contributed by atoms with van der Waals surface area (Å²) < 4.78 is 1.69. The van der Waals surface area contributed by atoms with Crippen LogP contribution in [0.2, 0.25) is 0 Å². The maximum absolute atomic E-state index is 12.7. The second-order valence-electron chi connectivity index (χ2n) is 5.72. The predicted octanol–water partition coefficient (Wildman–Crippen LogP) is 2.74. The van der Waals surface area contributed by atoms with Crippen LogP contribution in [0.4, 0.5) is 0 Å². The minimum Gasteiger partial charge on any atom is -0.343 e. The number of rotatable bonds is 2. The number of benzene rings is 1. The summed E-state index contributed by atoms with van der Waals surface area (Å²) >= 11 is 0. The van der Waals surface area contributed by atoms with Crippen molar-refractivity contribution in [1.29, 1.82) is 0 Å². The van der Waals surface area contributed by atoms with Gasteiger partial charge >= 0.3 is 0 Å². The van der Waals surface area contributed by atoms with Gasteiger partial charge in [0.05, 0.1) is 5.56 Å². The molecule has 0 atom stereocenters. The van der Waals surface area contributed by atoms with E-state index in [-0.39, 0.29) is 11.3 Å². The molecule has 0 unspecified atom stereocenters. The Kier molecular flexibility index (Phi) is 2.96. The van der Waals surface area contributed by atoms with E-state index in [1.165, 1.54) is 6.07 Å². The van der Waals surface area contributed by atoms with Crippen LogP contribution in [-0.2, 0) is 12.8 Å². The number of H-pyrrole nitrogens is 1. The molecule has 1 N–H and O–H groups in total. The Balaban J connectivity index is 1.96. The average Bonchev–Trinajstić information content (AvgIpc) is 2.95. The summed E-state index contributed by atoms with van der Waals surface area (Å²) in [6.07, 6.45) is 4.04. The van der Waals surface area contributed by atoms with Gasteiger partial charge in [-0.05, 0) is 31.7 Å². The minimum atomic E-state index is -0.0704. The maximum Gasteiger partial charge on any atom is 0.256 e. The zero-order valence-corrected chi connectivity index (χ0v) is 12.1. The second-order valence-corrected chi connectivity index (χ2v) is 5.72. The van der Waals surface area contributed by atoms with Gasteiger partial charge < -0.3 is 4.98 Å². The van der Waals surface area contributed by atoms with Crippen molar-refractivity contribution in [2.45, 2.75) is 25.7 Å². The summed E-state index contributed by atoms with van der Waals surface area (Å²) in [6, 6.07) is 12.3. The Hall–Kier alpha value is -2.62. The number of imidazole rings is 1. The molecule has 0 fully saturated rings. The first-order valence-corrected chi connectivity index (χ1v) is 7.61. The topological polar surface area (TPSA) is 54.3 Å². The fourth-order valence-electron chi connectivity index (χ4n) is 3.27. The van der Waals surface area contributed by atoms with Gasteiger partial charge in [0.1, 0.15) is 5.65 Å². The Bertz CT molecular complexity index is 919. The number of hydrogen-bond donors (Lipinski definition) is 1.